The highest BCUT2D eigenvalue weighted by Crippen LogP contribution is 2.20. The second-order valence-electron chi connectivity index (χ2n) is 4.91. The molecule has 0 saturated carbocycles. The Morgan fingerprint density at radius 3 is 2.71 bits per heavy atom. The van der Waals surface area contributed by atoms with Crippen LogP contribution in [-0.4, -0.2) is 37.1 Å². The Hall–Kier alpha value is -1.89. The summed E-state index contributed by atoms with van der Waals surface area (Å²) in [6.07, 6.45) is 1.58. The molecule has 0 amide bonds. The first kappa shape index (κ1) is 15.5. The highest BCUT2D eigenvalue weighted by atomic mass is 35.5. The van der Waals surface area contributed by atoms with E-state index in [0.29, 0.717) is 18.3 Å². The number of imidazole rings is 1. The van der Waals surface area contributed by atoms with Crippen molar-refractivity contribution < 1.29 is 9.53 Å². The lowest BCUT2D eigenvalue weighted by Crippen LogP contribution is -2.14. The molecule has 0 aliphatic rings. The molecule has 0 radical (unpaired) electrons. The van der Waals surface area contributed by atoms with Crippen LogP contribution in [0.4, 0.5) is 0 Å². The highest BCUT2D eigenvalue weighted by molar-refractivity contribution is 6.29. The first-order chi connectivity index (χ1) is 9.95. The number of halogens is 1. The number of hydrogen-bond donors (Lipinski definition) is 0. The van der Waals surface area contributed by atoms with Crippen LogP contribution in [0, 0.1) is 0 Å². The molecule has 2 rings (SSSR count). The number of ether oxygens (including phenoxy) is 1. The third-order valence-electron chi connectivity index (χ3n) is 3.11. The van der Waals surface area contributed by atoms with Crippen molar-refractivity contribution in [1.29, 1.82) is 0 Å². The van der Waals surface area contributed by atoms with Gasteiger partial charge in [0.2, 0.25) is 0 Å². The summed E-state index contributed by atoms with van der Waals surface area (Å²) >= 11 is 5.98. The number of nitrogens with zero attached hydrogens (tertiary/aromatic N) is 5. The first-order valence-electron chi connectivity index (χ1n) is 6.72. The molecule has 0 aromatic carbocycles. The van der Waals surface area contributed by atoms with Crippen molar-refractivity contribution in [2.24, 2.45) is 7.05 Å². The van der Waals surface area contributed by atoms with E-state index in [9.17, 15) is 4.79 Å². The molecule has 8 heteroatoms. The number of hydrogen-bond acceptors (Lipinski definition) is 5. The zero-order valence-electron chi connectivity index (χ0n) is 12.5. The second kappa shape index (κ2) is 6.26. The van der Waals surface area contributed by atoms with Crippen LogP contribution in [0.1, 0.15) is 48.7 Å². The van der Waals surface area contributed by atoms with Gasteiger partial charge in [-0.3, -0.25) is 0 Å². The van der Waals surface area contributed by atoms with Gasteiger partial charge in [-0.05, 0) is 12.8 Å². The number of rotatable bonds is 5. The Balaban J connectivity index is 2.36. The Morgan fingerprint density at radius 2 is 2.19 bits per heavy atom. The van der Waals surface area contributed by atoms with Gasteiger partial charge in [0.25, 0.3) is 0 Å². The molecule has 0 aliphatic carbocycles. The van der Waals surface area contributed by atoms with Crippen molar-refractivity contribution in [2.75, 3.05) is 6.61 Å². The average molecular weight is 312 g/mol. The Kier molecular flexibility index (Phi) is 4.62. The minimum absolute atomic E-state index is 0.0788. The zero-order chi connectivity index (χ0) is 15.6. The predicted octanol–water partition coefficient (Wildman–Crippen LogP) is 2.01. The molecule has 0 bridgehead atoms. The van der Waals surface area contributed by atoms with E-state index >= 15 is 0 Å². The summed E-state index contributed by atoms with van der Waals surface area (Å²) in [7, 11) is 1.82. The lowest BCUT2D eigenvalue weighted by atomic mass is 10.1. The lowest BCUT2D eigenvalue weighted by molar-refractivity contribution is 0.0517. The fourth-order valence-corrected chi connectivity index (χ4v) is 2.20. The number of carbonyl (C=O) groups excluding carboxylic acids is 1. The molecule has 0 aliphatic heterocycles. The summed E-state index contributed by atoms with van der Waals surface area (Å²) in [6.45, 7) is 6.40. The maximum Gasteiger partial charge on any atom is 0.360 e. The van der Waals surface area contributed by atoms with Crippen LogP contribution in [0.3, 0.4) is 0 Å². The second-order valence-corrected chi connectivity index (χ2v) is 5.30. The normalized spacial score (nSPS) is 11.1. The van der Waals surface area contributed by atoms with E-state index in [-0.39, 0.29) is 11.6 Å². The third-order valence-corrected chi connectivity index (χ3v) is 3.46. The van der Waals surface area contributed by atoms with Gasteiger partial charge in [0, 0.05) is 7.05 Å². The molecule has 114 valence electrons. The van der Waals surface area contributed by atoms with E-state index in [1.807, 2.05) is 20.9 Å². The van der Waals surface area contributed by atoms with E-state index in [0.717, 1.165) is 11.5 Å². The van der Waals surface area contributed by atoms with Gasteiger partial charge in [0.05, 0.1) is 18.5 Å². The molecule has 0 saturated heterocycles. The summed E-state index contributed by atoms with van der Waals surface area (Å²) in [5.41, 5.74) is 0.986. The van der Waals surface area contributed by atoms with Gasteiger partial charge in [-0.1, -0.05) is 30.7 Å². The molecular formula is C13H18ClN5O2. The van der Waals surface area contributed by atoms with E-state index < -0.39 is 5.97 Å². The SMILES string of the molecule is CCOC(=O)c1nnn(Cc2ncc(Cl)n2C)c1C(C)C. The van der Waals surface area contributed by atoms with Gasteiger partial charge in [-0.15, -0.1) is 5.10 Å². The van der Waals surface area contributed by atoms with Gasteiger partial charge < -0.3 is 9.30 Å². The van der Waals surface area contributed by atoms with Crippen LogP contribution < -0.4 is 0 Å². The lowest BCUT2D eigenvalue weighted by Gasteiger charge is -2.10. The topological polar surface area (TPSA) is 74.8 Å². The van der Waals surface area contributed by atoms with E-state index in [4.69, 9.17) is 16.3 Å². The minimum atomic E-state index is -0.453. The minimum Gasteiger partial charge on any atom is -0.461 e. The van der Waals surface area contributed by atoms with Gasteiger partial charge in [-0.25, -0.2) is 14.5 Å². The largest absolute Gasteiger partial charge is 0.461 e. The standard InChI is InChI=1S/C13H18ClN5O2/c1-5-21-13(20)11-12(8(2)3)19(17-16-11)7-10-15-6-9(14)18(10)4/h6,8H,5,7H2,1-4H3. The summed E-state index contributed by atoms with van der Waals surface area (Å²) in [5.74, 6) is 0.364. The van der Waals surface area contributed by atoms with Crippen LogP contribution in [0.2, 0.25) is 5.15 Å². The zero-order valence-corrected chi connectivity index (χ0v) is 13.3. The molecule has 0 unspecified atom stereocenters. The van der Waals surface area contributed by atoms with E-state index in [1.54, 1.807) is 22.4 Å². The number of aromatic nitrogens is 5. The summed E-state index contributed by atoms with van der Waals surface area (Å²) in [5, 5.41) is 8.56. The Labute approximate surface area is 127 Å². The fraction of sp³-hybridized carbons (Fsp3) is 0.538. The number of esters is 1. The fourth-order valence-electron chi connectivity index (χ4n) is 2.06. The number of carbonyl (C=O) groups is 1. The molecule has 7 nitrogen and oxygen atoms in total. The van der Waals surface area contributed by atoms with Crippen molar-refractivity contribution >= 4 is 17.6 Å². The third kappa shape index (κ3) is 3.07. The highest BCUT2D eigenvalue weighted by Gasteiger charge is 2.23. The van der Waals surface area contributed by atoms with Gasteiger partial charge in [0.15, 0.2) is 5.69 Å². The Morgan fingerprint density at radius 1 is 1.48 bits per heavy atom. The summed E-state index contributed by atoms with van der Waals surface area (Å²) in [6, 6.07) is 0. The van der Waals surface area contributed by atoms with Crippen LogP contribution >= 0.6 is 11.6 Å². The van der Waals surface area contributed by atoms with Crippen molar-refractivity contribution in [3.8, 4) is 0 Å². The molecule has 0 fully saturated rings. The maximum absolute atomic E-state index is 11.9. The Bertz CT molecular complexity index is 647. The van der Waals surface area contributed by atoms with Gasteiger partial charge in [-0.2, -0.15) is 0 Å². The van der Waals surface area contributed by atoms with Crippen molar-refractivity contribution in [2.45, 2.75) is 33.2 Å². The first-order valence-corrected chi connectivity index (χ1v) is 7.10. The van der Waals surface area contributed by atoms with Gasteiger partial charge >= 0.3 is 5.97 Å². The van der Waals surface area contributed by atoms with Gasteiger partial charge in [0.1, 0.15) is 17.5 Å². The molecule has 0 N–H and O–H groups in total. The van der Waals surface area contributed by atoms with Crippen molar-refractivity contribution in [1.82, 2.24) is 24.5 Å². The smallest absolute Gasteiger partial charge is 0.360 e. The molecule has 2 aromatic rings. The summed E-state index contributed by atoms with van der Waals surface area (Å²) in [4.78, 5) is 16.2. The monoisotopic (exact) mass is 311 g/mol. The molecular weight excluding hydrogens is 294 g/mol. The molecule has 2 aromatic heterocycles. The predicted molar refractivity (Wildman–Crippen MR) is 77.4 cm³/mol. The molecule has 21 heavy (non-hydrogen) atoms. The molecule has 2 heterocycles. The quantitative estimate of drug-likeness (QED) is 0.790. The van der Waals surface area contributed by atoms with Crippen LogP contribution in [0.15, 0.2) is 6.20 Å². The van der Waals surface area contributed by atoms with E-state index in [1.165, 1.54) is 0 Å². The van der Waals surface area contributed by atoms with Crippen molar-refractivity contribution in [3.63, 3.8) is 0 Å². The van der Waals surface area contributed by atoms with Crippen molar-refractivity contribution in [3.05, 3.63) is 28.6 Å². The average Bonchev–Trinajstić information content (AvgIpc) is 2.98. The molecule has 0 atom stereocenters. The summed E-state index contributed by atoms with van der Waals surface area (Å²) < 4.78 is 8.44. The maximum atomic E-state index is 11.9. The van der Waals surface area contributed by atoms with Crippen LogP contribution in [0.25, 0.3) is 0 Å². The molecule has 0 spiro atoms. The van der Waals surface area contributed by atoms with Crippen LogP contribution in [0.5, 0.6) is 0 Å². The van der Waals surface area contributed by atoms with Crippen LogP contribution in [-0.2, 0) is 18.3 Å². The van der Waals surface area contributed by atoms with E-state index in [2.05, 4.69) is 15.3 Å².